The van der Waals surface area contributed by atoms with Crippen molar-refractivity contribution in [1.29, 1.82) is 0 Å². The summed E-state index contributed by atoms with van der Waals surface area (Å²) in [6.45, 7) is 0. The van der Waals surface area contributed by atoms with Crippen molar-refractivity contribution in [1.82, 2.24) is 0 Å². The van der Waals surface area contributed by atoms with Gasteiger partial charge in [0, 0.05) is 0 Å². The summed E-state index contributed by atoms with van der Waals surface area (Å²) in [4.78, 5) is 4.45. The second-order valence-corrected chi connectivity index (χ2v) is 2.02. The molecule has 0 spiro atoms. The third kappa shape index (κ3) is 1.81. The maximum atomic E-state index is 5.24. The van der Waals surface area contributed by atoms with Gasteiger partial charge in [-0.05, 0) is 24.3 Å². The molecule has 0 atom stereocenters. The zero-order chi connectivity index (χ0) is 8.27. The van der Waals surface area contributed by atoms with E-state index < -0.39 is 0 Å². The van der Waals surface area contributed by atoms with Gasteiger partial charge in [0.1, 0.15) is 5.75 Å². The Kier molecular flexibility index (Phi) is 2.27. The summed E-state index contributed by atoms with van der Waals surface area (Å²) in [6.07, 6.45) is 0. The van der Waals surface area contributed by atoms with Gasteiger partial charge in [-0.25, -0.2) is 16.8 Å². The Morgan fingerprint density at radius 3 is 2.00 bits per heavy atom. The molecule has 0 fully saturated rings. The molecule has 0 saturated heterocycles. The average molecular weight is 154 g/mol. The number of nitrogens with two attached hydrogens (primary N) is 3. The Morgan fingerprint density at radius 2 is 1.64 bits per heavy atom. The lowest BCUT2D eigenvalue weighted by Crippen LogP contribution is -2.37. The maximum absolute atomic E-state index is 5.24. The zero-order valence-electron chi connectivity index (χ0n) is 5.90. The van der Waals surface area contributed by atoms with Crippen LogP contribution in [-0.4, -0.2) is 0 Å². The first-order valence-corrected chi connectivity index (χ1v) is 3.00. The van der Waals surface area contributed by atoms with E-state index in [4.69, 9.17) is 17.6 Å². The van der Waals surface area contributed by atoms with E-state index in [1.54, 1.807) is 24.3 Å². The number of nitrogens with zero attached hydrogens (tertiary/aromatic N) is 1. The minimum atomic E-state index is 0.565. The molecule has 0 unspecified atom stereocenters. The number of hydrogen-bond donors (Lipinski definition) is 3. The predicted octanol–water partition coefficient (Wildman–Crippen LogP) is -0.507. The highest BCUT2D eigenvalue weighted by atomic mass is 16.6. The van der Waals surface area contributed by atoms with Crippen LogP contribution >= 0.6 is 0 Å². The van der Waals surface area contributed by atoms with E-state index in [-0.39, 0.29) is 0 Å². The quantitative estimate of drug-likeness (QED) is 0.394. The van der Waals surface area contributed by atoms with Crippen molar-refractivity contribution in [2.45, 2.75) is 0 Å². The summed E-state index contributed by atoms with van der Waals surface area (Å²) in [5.41, 5.74) is 0.686. The van der Waals surface area contributed by atoms with Crippen LogP contribution < -0.4 is 27.5 Å². The van der Waals surface area contributed by atoms with Crippen LogP contribution in [0.1, 0.15) is 0 Å². The molecule has 60 valence electrons. The van der Waals surface area contributed by atoms with Crippen LogP contribution in [0.2, 0.25) is 0 Å². The van der Waals surface area contributed by atoms with Crippen molar-refractivity contribution in [3.63, 3.8) is 0 Å². The van der Waals surface area contributed by atoms with Gasteiger partial charge >= 0.3 is 0 Å². The minimum absolute atomic E-state index is 0.565. The number of benzene rings is 1. The number of rotatable bonds is 2. The van der Waals surface area contributed by atoms with Crippen LogP contribution in [0.5, 0.6) is 5.75 Å². The molecular weight excluding hydrogens is 144 g/mol. The van der Waals surface area contributed by atoms with Gasteiger partial charge in [-0.15, -0.1) is 0 Å². The molecule has 0 aliphatic carbocycles. The summed E-state index contributed by atoms with van der Waals surface area (Å²) in [7, 11) is 0. The van der Waals surface area contributed by atoms with Gasteiger partial charge in [0.2, 0.25) is 0 Å². The van der Waals surface area contributed by atoms with Crippen LogP contribution in [-0.2, 0) is 0 Å². The highest BCUT2D eigenvalue weighted by Crippen LogP contribution is 2.14. The van der Waals surface area contributed by atoms with Gasteiger partial charge in [0.05, 0.1) is 5.69 Å². The fraction of sp³-hybridized carbons (Fsp3) is 0. The van der Waals surface area contributed by atoms with Crippen molar-refractivity contribution < 1.29 is 4.84 Å². The van der Waals surface area contributed by atoms with Crippen LogP contribution in [0.4, 0.5) is 5.69 Å². The summed E-state index contributed by atoms with van der Waals surface area (Å²) in [5, 5.41) is 1.01. The fourth-order valence-corrected chi connectivity index (χ4v) is 0.697. The molecule has 0 saturated carbocycles. The van der Waals surface area contributed by atoms with E-state index in [0.29, 0.717) is 11.4 Å². The lowest BCUT2D eigenvalue weighted by atomic mass is 10.3. The predicted molar refractivity (Wildman–Crippen MR) is 42.1 cm³/mol. The molecule has 0 aliphatic rings. The van der Waals surface area contributed by atoms with Gasteiger partial charge in [-0.3, -0.25) is 0 Å². The molecule has 1 aromatic carbocycles. The number of anilines is 1. The van der Waals surface area contributed by atoms with Gasteiger partial charge in [0.15, 0.2) is 0 Å². The Labute approximate surface area is 64.2 Å². The second-order valence-electron chi connectivity index (χ2n) is 2.02. The first-order chi connectivity index (χ1) is 5.24. The minimum Gasteiger partial charge on any atom is -0.412 e. The third-order valence-electron chi connectivity index (χ3n) is 1.27. The van der Waals surface area contributed by atoms with E-state index in [0.717, 1.165) is 5.12 Å². The summed E-state index contributed by atoms with van der Waals surface area (Å²) >= 11 is 0. The molecule has 0 bridgehead atoms. The summed E-state index contributed by atoms with van der Waals surface area (Å²) < 4.78 is 0. The van der Waals surface area contributed by atoms with Gasteiger partial charge < -0.3 is 4.84 Å². The van der Waals surface area contributed by atoms with Gasteiger partial charge in [-0.2, -0.15) is 5.90 Å². The standard InChI is InChI=1S/C6H10N4O/c7-10(8)5-1-3-6(11-9)4-2-5/h1-4H,7-9H2. The number of hydrogen-bond acceptors (Lipinski definition) is 5. The Bertz CT molecular complexity index is 221. The van der Waals surface area contributed by atoms with Crippen LogP contribution in [0.3, 0.4) is 0 Å². The molecule has 0 amide bonds. The molecule has 0 radical (unpaired) electrons. The van der Waals surface area contributed by atoms with Crippen molar-refractivity contribution in [3.05, 3.63) is 24.3 Å². The fourth-order valence-electron chi connectivity index (χ4n) is 0.697. The van der Waals surface area contributed by atoms with Crippen molar-refractivity contribution in [3.8, 4) is 5.75 Å². The lowest BCUT2D eigenvalue weighted by molar-refractivity contribution is 0.334. The third-order valence-corrected chi connectivity index (χ3v) is 1.27. The molecule has 0 heterocycles. The molecule has 5 heteroatoms. The van der Waals surface area contributed by atoms with Gasteiger partial charge in [0.25, 0.3) is 0 Å². The topological polar surface area (TPSA) is 90.5 Å². The largest absolute Gasteiger partial charge is 0.412 e. The SMILES string of the molecule is NOc1ccc(N(N)N)cc1. The highest BCUT2D eigenvalue weighted by Gasteiger charge is 1.95. The van der Waals surface area contributed by atoms with E-state index in [2.05, 4.69) is 4.84 Å². The smallest absolute Gasteiger partial charge is 0.146 e. The van der Waals surface area contributed by atoms with Crippen molar-refractivity contribution in [2.75, 3.05) is 5.12 Å². The van der Waals surface area contributed by atoms with Crippen molar-refractivity contribution >= 4 is 5.69 Å². The Morgan fingerprint density at radius 1 is 1.09 bits per heavy atom. The summed E-state index contributed by atoms with van der Waals surface area (Å²) in [5.74, 6) is 16.0. The first kappa shape index (κ1) is 7.80. The first-order valence-electron chi connectivity index (χ1n) is 3.00. The lowest BCUT2D eigenvalue weighted by Gasteiger charge is -2.10. The van der Waals surface area contributed by atoms with Crippen molar-refractivity contribution in [2.24, 2.45) is 17.6 Å². The maximum Gasteiger partial charge on any atom is 0.146 e. The highest BCUT2D eigenvalue weighted by molar-refractivity contribution is 5.46. The molecule has 1 rings (SSSR count). The van der Waals surface area contributed by atoms with Gasteiger partial charge in [-0.1, -0.05) is 0 Å². The zero-order valence-corrected chi connectivity index (χ0v) is 5.90. The molecule has 11 heavy (non-hydrogen) atoms. The average Bonchev–Trinajstić information content (AvgIpc) is 2.05. The van der Waals surface area contributed by atoms with Crippen LogP contribution in [0.25, 0.3) is 0 Å². The number of hydrazine groups is 2. The molecular formula is C6H10N4O. The molecule has 5 nitrogen and oxygen atoms in total. The van der Waals surface area contributed by atoms with E-state index in [9.17, 15) is 0 Å². The van der Waals surface area contributed by atoms with Crippen LogP contribution in [0.15, 0.2) is 24.3 Å². The molecule has 1 aromatic rings. The molecule has 6 N–H and O–H groups in total. The Balaban J connectivity index is 2.83. The second kappa shape index (κ2) is 3.20. The molecule has 0 aromatic heterocycles. The molecule has 0 aliphatic heterocycles. The van der Waals surface area contributed by atoms with Crippen LogP contribution in [0, 0.1) is 0 Å². The monoisotopic (exact) mass is 154 g/mol. The van der Waals surface area contributed by atoms with E-state index >= 15 is 0 Å². The normalized spacial score (nSPS) is 9.36. The van der Waals surface area contributed by atoms with E-state index in [1.165, 1.54) is 0 Å². The van der Waals surface area contributed by atoms with E-state index in [1.807, 2.05) is 0 Å². The summed E-state index contributed by atoms with van der Waals surface area (Å²) in [6, 6.07) is 6.73. The Hall–Kier alpha value is -1.30.